The van der Waals surface area contributed by atoms with Crippen molar-refractivity contribution in [3.8, 4) is 5.69 Å². The van der Waals surface area contributed by atoms with E-state index in [0.717, 1.165) is 15.7 Å². The Morgan fingerprint density at radius 3 is 2.33 bits per heavy atom. The fourth-order valence-electron chi connectivity index (χ4n) is 3.07. The zero-order valence-electron chi connectivity index (χ0n) is 15.4. The largest absolute Gasteiger partial charge is 0.343 e. The maximum absolute atomic E-state index is 12.8. The first-order valence-corrected chi connectivity index (χ1v) is 9.40. The first kappa shape index (κ1) is 19.0. The van der Waals surface area contributed by atoms with Gasteiger partial charge in [0.15, 0.2) is 0 Å². The molecule has 6 heteroatoms. The van der Waals surface area contributed by atoms with Crippen LogP contribution in [0.5, 0.6) is 0 Å². The summed E-state index contributed by atoms with van der Waals surface area (Å²) in [6, 6.07) is 16.8. The molecular weight excluding hydrogens is 406 g/mol. The predicted molar refractivity (Wildman–Crippen MR) is 108 cm³/mol. The highest BCUT2D eigenvalue weighted by Crippen LogP contribution is 2.23. The van der Waals surface area contributed by atoms with E-state index in [-0.39, 0.29) is 6.04 Å². The summed E-state index contributed by atoms with van der Waals surface area (Å²) in [4.78, 5) is 25.4. The van der Waals surface area contributed by atoms with Crippen LogP contribution < -0.4 is 5.32 Å². The molecule has 3 aromatic rings. The van der Waals surface area contributed by atoms with E-state index < -0.39 is 11.7 Å². The van der Waals surface area contributed by atoms with Crippen molar-refractivity contribution < 1.29 is 9.59 Å². The van der Waals surface area contributed by atoms with Gasteiger partial charge in [-0.05, 0) is 44.5 Å². The van der Waals surface area contributed by atoms with Crippen molar-refractivity contribution in [2.75, 3.05) is 0 Å². The van der Waals surface area contributed by atoms with E-state index in [2.05, 4.69) is 26.3 Å². The quantitative estimate of drug-likeness (QED) is 0.489. The number of carbonyl (C=O) groups is 2. The number of para-hydroxylation sites is 1. The van der Waals surface area contributed by atoms with E-state index in [1.54, 1.807) is 18.5 Å². The van der Waals surface area contributed by atoms with E-state index >= 15 is 0 Å². The number of aromatic nitrogens is 2. The minimum absolute atomic E-state index is 0.304. The Bertz CT molecular complexity index is 996. The van der Waals surface area contributed by atoms with Crippen LogP contribution in [-0.2, 0) is 4.79 Å². The Labute approximate surface area is 166 Å². The number of aryl methyl sites for hydroxylation is 1. The molecule has 0 unspecified atom stereocenters. The van der Waals surface area contributed by atoms with Gasteiger partial charge in [0.05, 0.1) is 28.7 Å². The van der Waals surface area contributed by atoms with Gasteiger partial charge in [-0.1, -0.05) is 52.3 Å². The van der Waals surface area contributed by atoms with Gasteiger partial charge in [0.1, 0.15) is 0 Å². The highest BCUT2D eigenvalue weighted by Gasteiger charge is 2.26. The van der Waals surface area contributed by atoms with Gasteiger partial charge in [-0.3, -0.25) is 9.59 Å². The van der Waals surface area contributed by atoms with Crippen molar-refractivity contribution in [2.24, 2.45) is 0 Å². The molecule has 3 rings (SSSR count). The van der Waals surface area contributed by atoms with Gasteiger partial charge >= 0.3 is 0 Å². The van der Waals surface area contributed by atoms with E-state index in [9.17, 15) is 9.59 Å². The lowest BCUT2D eigenvalue weighted by Crippen LogP contribution is -2.33. The standard InChI is InChI=1S/C21H20BrN3O2/c1-13(17-11-7-8-12-18(17)22)23-21(27)20(26)19-14(2)24-25(15(19)3)16-9-5-4-6-10-16/h4-13H,1-3H3,(H,23,27)/t13-/m1/s1. The molecule has 1 N–H and O–H groups in total. The van der Waals surface area contributed by atoms with Crippen LogP contribution in [0.25, 0.3) is 5.69 Å². The Morgan fingerprint density at radius 2 is 1.67 bits per heavy atom. The third-order valence-electron chi connectivity index (χ3n) is 4.44. The number of ketones is 1. The highest BCUT2D eigenvalue weighted by molar-refractivity contribution is 9.10. The van der Waals surface area contributed by atoms with Crippen LogP contribution in [0.4, 0.5) is 0 Å². The van der Waals surface area contributed by atoms with Crippen molar-refractivity contribution in [1.29, 1.82) is 0 Å². The Kier molecular flexibility index (Phi) is 5.56. The number of benzene rings is 2. The van der Waals surface area contributed by atoms with Crippen LogP contribution in [0, 0.1) is 13.8 Å². The number of rotatable bonds is 5. The number of hydrogen-bond acceptors (Lipinski definition) is 3. The number of halogens is 1. The van der Waals surface area contributed by atoms with Crippen LogP contribution in [0.15, 0.2) is 59.1 Å². The molecule has 1 heterocycles. The molecule has 0 aliphatic carbocycles. The average Bonchev–Trinajstić information content (AvgIpc) is 2.96. The number of hydrogen-bond donors (Lipinski definition) is 1. The summed E-state index contributed by atoms with van der Waals surface area (Å²) < 4.78 is 2.57. The molecule has 27 heavy (non-hydrogen) atoms. The zero-order chi connectivity index (χ0) is 19.6. The topological polar surface area (TPSA) is 64.0 Å². The fraction of sp³-hybridized carbons (Fsp3) is 0.190. The number of nitrogens with zero attached hydrogens (tertiary/aromatic N) is 2. The molecule has 0 aliphatic heterocycles. The summed E-state index contributed by atoms with van der Waals surface area (Å²) in [7, 11) is 0. The minimum Gasteiger partial charge on any atom is -0.343 e. The minimum atomic E-state index is -0.642. The predicted octanol–water partition coefficient (Wildman–Crippen LogP) is 4.31. The van der Waals surface area contributed by atoms with Gasteiger partial charge in [0.25, 0.3) is 11.7 Å². The van der Waals surface area contributed by atoms with E-state index in [0.29, 0.717) is 17.0 Å². The van der Waals surface area contributed by atoms with Gasteiger partial charge in [-0.25, -0.2) is 4.68 Å². The van der Waals surface area contributed by atoms with Crippen LogP contribution in [0.1, 0.15) is 40.3 Å². The number of Topliss-reactive ketones (excluding diaryl/α,β-unsaturated/α-hetero) is 1. The monoisotopic (exact) mass is 425 g/mol. The molecule has 5 nitrogen and oxygen atoms in total. The zero-order valence-corrected chi connectivity index (χ0v) is 16.9. The van der Waals surface area contributed by atoms with Gasteiger partial charge in [-0.2, -0.15) is 5.10 Å². The molecule has 1 atom stereocenters. The van der Waals surface area contributed by atoms with Crippen molar-refractivity contribution in [3.63, 3.8) is 0 Å². The van der Waals surface area contributed by atoms with E-state index in [1.807, 2.05) is 61.5 Å². The SMILES string of the molecule is Cc1nn(-c2ccccc2)c(C)c1C(=O)C(=O)N[C@H](C)c1ccccc1Br. The first-order chi connectivity index (χ1) is 12.9. The Morgan fingerprint density at radius 1 is 1.04 bits per heavy atom. The molecule has 0 aliphatic rings. The molecule has 0 radical (unpaired) electrons. The third-order valence-corrected chi connectivity index (χ3v) is 5.17. The summed E-state index contributed by atoms with van der Waals surface area (Å²) in [6.45, 7) is 5.38. The maximum Gasteiger partial charge on any atom is 0.293 e. The third kappa shape index (κ3) is 3.85. The molecule has 0 saturated heterocycles. The molecule has 138 valence electrons. The van der Waals surface area contributed by atoms with Crippen LogP contribution >= 0.6 is 15.9 Å². The van der Waals surface area contributed by atoms with Crippen LogP contribution in [0.2, 0.25) is 0 Å². The number of nitrogens with one attached hydrogen (secondary N) is 1. The van der Waals surface area contributed by atoms with Crippen molar-refractivity contribution in [1.82, 2.24) is 15.1 Å². The molecule has 2 aromatic carbocycles. The second-order valence-corrected chi connectivity index (χ2v) is 7.19. The lowest BCUT2D eigenvalue weighted by molar-refractivity contribution is -0.117. The van der Waals surface area contributed by atoms with Gasteiger partial charge in [-0.15, -0.1) is 0 Å². The molecule has 0 bridgehead atoms. The van der Waals surface area contributed by atoms with Crippen LogP contribution in [-0.4, -0.2) is 21.5 Å². The summed E-state index contributed by atoms with van der Waals surface area (Å²) in [6.07, 6.45) is 0. The smallest absolute Gasteiger partial charge is 0.293 e. The first-order valence-electron chi connectivity index (χ1n) is 8.61. The lowest BCUT2D eigenvalue weighted by Gasteiger charge is -2.15. The summed E-state index contributed by atoms with van der Waals surface area (Å²) in [5, 5.41) is 7.23. The summed E-state index contributed by atoms with van der Waals surface area (Å²) in [5.41, 5.74) is 3.28. The molecule has 1 amide bonds. The van der Waals surface area contributed by atoms with Crippen molar-refractivity contribution >= 4 is 27.6 Å². The molecular formula is C21H20BrN3O2. The van der Waals surface area contributed by atoms with Gasteiger partial charge in [0.2, 0.25) is 0 Å². The average molecular weight is 426 g/mol. The second-order valence-electron chi connectivity index (χ2n) is 6.34. The van der Waals surface area contributed by atoms with Gasteiger partial charge < -0.3 is 5.32 Å². The lowest BCUT2D eigenvalue weighted by atomic mass is 10.1. The molecule has 0 fully saturated rings. The van der Waals surface area contributed by atoms with E-state index in [4.69, 9.17) is 0 Å². The van der Waals surface area contributed by atoms with Crippen molar-refractivity contribution in [3.05, 3.63) is 81.6 Å². The molecule has 0 spiro atoms. The normalized spacial score (nSPS) is 11.9. The molecule has 0 saturated carbocycles. The van der Waals surface area contributed by atoms with Crippen LogP contribution in [0.3, 0.4) is 0 Å². The van der Waals surface area contributed by atoms with Crippen molar-refractivity contribution in [2.45, 2.75) is 26.8 Å². The second kappa shape index (κ2) is 7.88. The maximum atomic E-state index is 12.8. The van der Waals surface area contributed by atoms with Gasteiger partial charge in [0, 0.05) is 4.47 Å². The fourth-order valence-corrected chi connectivity index (χ4v) is 3.70. The number of carbonyl (C=O) groups excluding carboxylic acids is 2. The van der Waals surface area contributed by atoms with E-state index in [1.165, 1.54) is 0 Å². The number of amides is 1. The molecule has 1 aromatic heterocycles. The summed E-state index contributed by atoms with van der Waals surface area (Å²) >= 11 is 3.47. The summed E-state index contributed by atoms with van der Waals surface area (Å²) in [5.74, 6) is -1.22. The Balaban J connectivity index is 1.85. The highest BCUT2D eigenvalue weighted by atomic mass is 79.9. The Hall–Kier alpha value is -2.73.